The van der Waals surface area contributed by atoms with Crippen LogP contribution in [0.1, 0.15) is 39.5 Å². The molecule has 0 aliphatic carbocycles. The van der Waals surface area contributed by atoms with Crippen molar-refractivity contribution in [2.75, 3.05) is 6.54 Å². The molecule has 1 aliphatic heterocycles. The summed E-state index contributed by atoms with van der Waals surface area (Å²) < 4.78 is 0. The molecule has 1 N–H and O–H groups in total. The number of nitrogens with one attached hydrogen (secondary N) is 1. The van der Waals surface area contributed by atoms with E-state index in [1.54, 1.807) is 0 Å². The molecule has 12 heavy (non-hydrogen) atoms. The average Bonchev–Trinajstić information content (AvgIpc) is 2.51. The standard InChI is InChI=1S/C9H21NOSi/c1-3-6-9(11-10-4-2)7-5-8-12-9/h10H,3-8,12H2,1-2H3. The van der Waals surface area contributed by atoms with Crippen LogP contribution >= 0.6 is 0 Å². The molecule has 0 saturated carbocycles. The highest BCUT2D eigenvalue weighted by molar-refractivity contribution is 6.40. The first-order chi connectivity index (χ1) is 5.83. The first-order valence-corrected chi connectivity index (χ1v) is 6.94. The van der Waals surface area contributed by atoms with Crippen molar-refractivity contribution in [3.63, 3.8) is 0 Å². The molecule has 0 aromatic rings. The van der Waals surface area contributed by atoms with E-state index in [0.29, 0.717) is 5.22 Å². The second-order valence-electron chi connectivity index (χ2n) is 3.74. The molecule has 0 spiro atoms. The molecule has 0 bridgehead atoms. The van der Waals surface area contributed by atoms with Gasteiger partial charge in [-0.05, 0) is 12.8 Å². The average molecular weight is 187 g/mol. The van der Waals surface area contributed by atoms with E-state index in [4.69, 9.17) is 4.84 Å². The van der Waals surface area contributed by atoms with Crippen molar-refractivity contribution >= 4 is 9.52 Å². The molecule has 1 unspecified atom stereocenters. The molecule has 1 fully saturated rings. The van der Waals surface area contributed by atoms with Crippen LogP contribution in [-0.4, -0.2) is 21.3 Å². The molecule has 2 nitrogen and oxygen atoms in total. The first-order valence-electron chi connectivity index (χ1n) is 5.24. The van der Waals surface area contributed by atoms with E-state index in [1.165, 1.54) is 31.7 Å². The maximum absolute atomic E-state index is 5.79. The minimum absolute atomic E-state index is 0.0343. The molecule has 1 saturated heterocycles. The fourth-order valence-electron chi connectivity index (χ4n) is 2.10. The Morgan fingerprint density at radius 3 is 2.83 bits per heavy atom. The summed E-state index contributed by atoms with van der Waals surface area (Å²) in [5, 5.41) is 0.324. The fraction of sp³-hybridized carbons (Fsp3) is 1.00. The van der Waals surface area contributed by atoms with Crippen LogP contribution in [0.15, 0.2) is 0 Å². The third-order valence-corrected chi connectivity index (χ3v) is 5.27. The molecule has 72 valence electrons. The van der Waals surface area contributed by atoms with Crippen LogP contribution in [0, 0.1) is 0 Å². The summed E-state index contributed by atoms with van der Waals surface area (Å²) in [4.78, 5) is 5.79. The molecular formula is C9H21NOSi. The fourth-order valence-corrected chi connectivity index (χ4v) is 4.56. The minimum Gasteiger partial charge on any atom is -0.300 e. The van der Waals surface area contributed by atoms with Crippen LogP contribution in [0.3, 0.4) is 0 Å². The van der Waals surface area contributed by atoms with Crippen LogP contribution in [-0.2, 0) is 4.84 Å². The number of hydrogen-bond donors (Lipinski definition) is 1. The molecule has 1 aliphatic rings. The van der Waals surface area contributed by atoms with Crippen LogP contribution in [0.5, 0.6) is 0 Å². The monoisotopic (exact) mass is 187 g/mol. The van der Waals surface area contributed by atoms with E-state index in [0.717, 1.165) is 6.54 Å². The summed E-state index contributed by atoms with van der Waals surface area (Å²) in [6, 6.07) is 1.48. The summed E-state index contributed by atoms with van der Waals surface area (Å²) in [5.41, 5.74) is 3.05. The second-order valence-corrected chi connectivity index (χ2v) is 6.24. The Hall–Kier alpha value is 0.137. The molecule has 0 aromatic carbocycles. The van der Waals surface area contributed by atoms with Gasteiger partial charge in [0.05, 0.1) is 14.7 Å². The summed E-state index contributed by atoms with van der Waals surface area (Å²) in [6.07, 6.45) is 5.24. The van der Waals surface area contributed by atoms with Crippen molar-refractivity contribution in [2.24, 2.45) is 0 Å². The van der Waals surface area contributed by atoms with Gasteiger partial charge in [0, 0.05) is 6.54 Å². The predicted octanol–water partition coefficient (Wildman–Crippen LogP) is 1.40. The van der Waals surface area contributed by atoms with E-state index < -0.39 is 0 Å². The van der Waals surface area contributed by atoms with Crippen LogP contribution in [0.4, 0.5) is 0 Å². The smallest absolute Gasteiger partial charge is 0.0729 e. The largest absolute Gasteiger partial charge is 0.300 e. The molecule has 0 aromatic heterocycles. The second kappa shape index (κ2) is 4.99. The number of rotatable bonds is 5. The Morgan fingerprint density at radius 1 is 1.50 bits per heavy atom. The van der Waals surface area contributed by atoms with Crippen molar-refractivity contribution in [3.05, 3.63) is 0 Å². The van der Waals surface area contributed by atoms with Crippen LogP contribution < -0.4 is 5.48 Å². The SMILES string of the molecule is CCCC1(ONCC)CCC[SiH2]1. The lowest BCUT2D eigenvalue weighted by Crippen LogP contribution is -2.40. The highest BCUT2D eigenvalue weighted by atomic mass is 28.2. The Labute approximate surface area is 77.8 Å². The van der Waals surface area contributed by atoms with Gasteiger partial charge in [-0.2, -0.15) is 0 Å². The normalized spacial score (nSPS) is 31.5. The Balaban J connectivity index is 2.35. The highest BCUT2D eigenvalue weighted by Crippen LogP contribution is 2.30. The van der Waals surface area contributed by atoms with Crippen molar-refractivity contribution in [2.45, 2.75) is 50.8 Å². The van der Waals surface area contributed by atoms with E-state index >= 15 is 0 Å². The molecule has 3 heteroatoms. The van der Waals surface area contributed by atoms with E-state index in [-0.39, 0.29) is 9.52 Å². The van der Waals surface area contributed by atoms with Crippen LogP contribution in [0.2, 0.25) is 6.04 Å². The van der Waals surface area contributed by atoms with Gasteiger partial charge in [-0.25, -0.2) is 5.48 Å². The van der Waals surface area contributed by atoms with Gasteiger partial charge < -0.3 is 0 Å². The van der Waals surface area contributed by atoms with Crippen molar-refractivity contribution in [1.29, 1.82) is 0 Å². The van der Waals surface area contributed by atoms with Gasteiger partial charge in [-0.3, -0.25) is 4.84 Å². The van der Waals surface area contributed by atoms with E-state index in [2.05, 4.69) is 19.3 Å². The molecule has 1 rings (SSSR count). The van der Waals surface area contributed by atoms with Gasteiger partial charge in [-0.15, -0.1) is 0 Å². The first kappa shape index (κ1) is 10.2. The van der Waals surface area contributed by atoms with Crippen molar-refractivity contribution in [3.8, 4) is 0 Å². The third-order valence-electron chi connectivity index (χ3n) is 2.65. The minimum atomic E-state index is 0.0343. The van der Waals surface area contributed by atoms with Gasteiger partial charge >= 0.3 is 0 Å². The Kier molecular flexibility index (Phi) is 4.25. The molecule has 1 heterocycles. The van der Waals surface area contributed by atoms with Gasteiger partial charge in [0.2, 0.25) is 0 Å². The highest BCUT2D eigenvalue weighted by Gasteiger charge is 2.34. The zero-order chi connectivity index (χ0) is 8.86. The van der Waals surface area contributed by atoms with Gasteiger partial charge in [0.25, 0.3) is 0 Å². The zero-order valence-corrected chi connectivity index (χ0v) is 9.77. The molecule has 1 atom stereocenters. The molecule has 0 radical (unpaired) electrons. The number of hydroxylamine groups is 1. The third kappa shape index (κ3) is 2.57. The predicted molar refractivity (Wildman–Crippen MR) is 55.0 cm³/mol. The van der Waals surface area contributed by atoms with Crippen molar-refractivity contribution in [1.82, 2.24) is 5.48 Å². The quantitative estimate of drug-likeness (QED) is 0.519. The van der Waals surface area contributed by atoms with Crippen LogP contribution in [0.25, 0.3) is 0 Å². The lowest BCUT2D eigenvalue weighted by atomic mass is 10.1. The topological polar surface area (TPSA) is 21.3 Å². The van der Waals surface area contributed by atoms with Crippen molar-refractivity contribution < 1.29 is 4.84 Å². The van der Waals surface area contributed by atoms with Gasteiger partial charge in [-0.1, -0.05) is 32.7 Å². The van der Waals surface area contributed by atoms with E-state index in [1.807, 2.05) is 0 Å². The summed E-state index contributed by atoms with van der Waals surface area (Å²) in [5.74, 6) is 0. The van der Waals surface area contributed by atoms with E-state index in [9.17, 15) is 0 Å². The lowest BCUT2D eigenvalue weighted by molar-refractivity contribution is -0.0583. The Morgan fingerprint density at radius 2 is 2.33 bits per heavy atom. The molecule has 0 amide bonds. The summed E-state index contributed by atoms with van der Waals surface area (Å²) in [6.45, 7) is 5.28. The zero-order valence-electron chi connectivity index (χ0n) is 8.36. The van der Waals surface area contributed by atoms with Gasteiger partial charge in [0.1, 0.15) is 0 Å². The maximum Gasteiger partial charge on any atom is 0.0729 e. The van der Waals surface area contributed by atoms with Gasteiger partial charge in [0.15, 0.2) is 0 Å². The molecular weight excluding hydrogens is 166 g/mol. The summed E-state index contributed by atoms with van der Waals surface area (Å²) in [7, 11) is 0.0343. The summed E-state index contributed by atoms with van der Waals surface area (Å²) >= 11 is 0. The number of hydrogen-bond acceptors (Lipinski definition) is 2. The maximum atomic E-state index is 5.79. The lowest BCUT2D eigenvalue weighted by Gasteiger charge is -2.28. The Bertz CT molecular complexity index is 124.